The predicted molar refractivity (Wildman–Crippen MR) is 79.4 cm³/mol. The molecule has 100 valence electrons. The first-order chi connectivity index (χ1) is 8.65. The van der Waals surface area contributed by atoms with Gasteiger partial charge in [0.2, 0.25) is 5.91 Å². The molecule has 2 rings (SSSR count). The molecular weight excluding hydrogens is 264 g/mol. The molecule has 1 saturated heterocycles. The minimum absolute atomic E-state index is 0.152. The van der Waals surface area contributed by atoms with Crippen molar-refractivity contribution in [2.75, 3.05) is 18.1 Å². The minimum atomic E-state index is 0.152. The maximum Gasteiger partial charge on any atom is 0.221 e. The Bertz CT molecular complexity index is 392. The lowest BCUT2D eigenvalue weighted by Gasteiger charge is -2.22. The molecule has 0 radical (unpaired) electrons. The van der Waals surface area contributed by atoms with Gasteiger partial charge in [0, 0.05) is 40.3 Å². The fraction of sp³-hybridized carbons (Fsp3) is 0.615. The molecule has 0 saturated carbocycles. The van der Waals surface area contributed by atoms with Gasteiger partial charge in [0.15, 0.2) is 0 Å². The zero-order chi connectivity index (χ0) is 13.0. The summed E-state index contributed by atoms with van der Waals surface area (Å²) < 4.78 is 0. The van der Waals surface area contributed by atoms with E-state index in [1.807, 2.05) is 11.8 Å². The Hall–Kier alpha value is -0.520. The molecule has 1 aliphatic rings. The van der Waals surface area contributed by atoms with Gasteiger partial charge in [0.25, 0.3) is 0 Å². The highest BCUT2D eigenvalue weighted by Crippen LogP contribution is 2.20. The van der Waals surface area contributed by atoms with Crippen molar-refractivity contribution in [3.05, 3.63) is 21.4 Å². The van der Waals surface area contributed by atoms with E-state index in [1.165, 1.54) is 15.3 Å². The summed E-state index contributed by atoms with van der Waals surface area (Å²) in [6, 6.07) is 2.50. The Morgan fingerprint density at radius 3 is 3.00 bits per heavy atom. The molecule has 1 aromatic rings. The van der Waals surface area contributed by atoms with Crippen LogP contribution in [0.3, 0.4) is 0 Å². The third-order valence-corrected chi connectivity index (χ3v) is 5.39. The van der Waals surface area contributed by atoms with E-state index in [0.717, 1.165) is 18.1 Å². The number of aryl methyl sites for hydroxylation is 2. The van der Waals surface area contributed by atoms with E-state index in [4.69, 9.17) is 0 Å². The summed E-state index contributed by atoms with van der Waals surface area (Å²) in [5, 5.41) is 6.39. The van der Waals surface area contributed by atoms with Crippen LogP contribution in [-0.2, 0) is 11.3 Å². The normalized spacial score (nSPS) is 19.8. The van der Waals surface area contributed by atoms with Crippen LogP contribution >= 0.6 is 23.1 Å². The molecule has 0 aliphatic carbocycles. The lowest BCUT2D eigenvalue weighted by atomic mass is 10.2. The molecule has 3 nitrogen and oxygen atoms in total. The van der Waals surface area contributed by atoms with Crippen LogP contribution in [0.5, 0.6) is 0 Å². The highest BCUT2D eigenvalue weighted by atomic mass is 32.2. The Balaban J connectivity index is 1.74. The molecule has 1 fully saturated rings. The van der Waals surface area contributed by atoms with Gasteiger partial charge in [-0.2, -0.15) is 11.8 Å². The fourth-order valence-corrected chi connectivity index (χ4v) is 3.91. The van der Waals surface area contributed by atoms with Crippen LogP contribution in [0.25, 0.3) is 0 Å². The van der Waals surface area contributed by atoms with E-state index in [-0.39, 0.29) is 5.91 Å². The number of thioether (sulfide) groups is 1. The SMILES string of the molecule is Cc1cc(CNC(=O)CC2CSCCN2)sc1C. The maximum atomic E-state index is 11.8. The average Bonchev–Trinajstić information content (AvgIpc) is 2.68. The molecule has 0 bridgehead atoms. The molecule has 0 spiro atoms. The van der Waals surface area contributed by atoms with Gasteiger partial charge in [-0.1, -0.05) is 0 Å². The van der Waals surface area contributed by atoms with Crippen LogP contribution in [0, 0.1) is 13.8 Å². The number of rotatable bonds is 4. The Kier molecular flexibility index (Phi) is 5.09. The van der Waals surface area contributed by atoms with E-state index in [1.54, 1.807) is 11.3 Å². The Morgan fingerprint density at radius 1 is 1.56 bits per heavy atom. The molecule has 2 heterocycles. The second-order valence-electron chi connectivity index (χ2n) is 4.66. The molecule has 1 amide bonds. The molecule has 18 heavy (non-hydrogen) atoms. The molecule has 1 atom stereocenters. The quantitative estimate of drug-likeness (QED) is 0.889. The van der Waals surface area contributed by atoms with Crippen LogP contribution in [0.2, 0.25) is 0 Å². The van der Waals surface area contributed by atoms with Crippen LogP contribution in [0.1, 0.15) is 21.7 Å². The van der Waals surface area contributed by atoms with Crippen LogP contribution < -0.4 is 10.6 Å². The van der Waals surface area contributed by atoms with Crippen molar-refractivity contribution in [3.8, 4) is 0 Å². The van der Waals surface area contributed by atoms with Crippen molar-refractivity contribution in [3.63, 3.8) is 0 Å². The van der Waals surface area contributed by atoms with E-state index >= 15 is 0 Å². The number of hydrogen-bond donors (Lipinski definition) is 2. The third kappa shape index (κ3) is 4.00. The summed E-state index contributed by atoms with van der Waals surface area (Å²) in [4.78, 5) is 14.4. The van der Waals surface area contributed by atoms with E-state index < -0.39 is 0 Å². The molecular formula is C13H20N2OS2. The number of amides is 1. The largest absolute Gasteiger partial charge is 0.351 e. The molecule has 1 unspecified atom stereocenters. The van der Waals surface area contributed by atoms with Crippen LogP contribution in [0.4, 0.5) is 0 Å². The second kappa shape index (κ2) is 6.59. The van der Waals surface area contributed by atoms with Gasteiger partial charge in [-0.25, -0.2) is 0 Å². The predicted octanol–water partition coefficient (Wildman–Crippen LogP) is 2.08. The standard InChI is InChI=1S/C13H20N2OS2/c1-9-5-12(18-10(9)2)7-15-13(16)6-11-8-17-4-3-14-11/h5,11,14H,3-4,6-8H2,1-2H3,(H,15,16). The fourth-order valence-electron chi connectivity index (χ4n) is 1.97. The minimum Gasteiger partial charge on any atom is -0.351 e. The van der Waals surface area contributed by atoms with Crippen molar-refractivity contribution in [1.29, 1.82) is 0 Å². The van der Waals surface area contributed by atoms with Crippen molar-refractivity contribution in [2.24, 2.45) is 0 Å². The van der Waals surface area contributed by atoms with Crippen molar-refractivity contribution < 1.29 is 4.79 Å². The topological polar surface area (TPSA) is 41.1 Å². The van der Waals surface area contributed by atoms with Crippen LogP contribution in [-0.4, -0.2) is 30.0 Å². The monoisotopic (exact) mass is 284 g/mol. The van der Waals surface area contributed by atoms with Gasteiger partial charge in [0.05, 0.1) is 6.54 Å². The summed E-state index contributed by atoms with van der Waals surface area (Å²) in [6.45, 7) is 5.92. The van der Waals surface area contributed by atoms with Crippen molar-refractivity contribution in [2.45, 2.75) is 32.9 Å². The maximum absolute atomic E-state index is 11.8. The lowest BCUT2D eigenvalue weighted by Crippen LogP contribution is -2.41. The summed E-state index contributed by atoms with van der Waals surface area (Å²) in [6.07, 6.45) is 0.594. The first-order valence-electron chi connectivity index (χ1n) is 6.29. The zero-order valence-corrected chi connectivity index (χ0v) is 12.5. The van der Waals surface area contributed by atoms with Gasteiger partial charge in [-0.15, -0.1) is 11.3 Å². The molecule has 1 aromatic heterocycles. The molecule has 2 N–H and O–H groups in total. The van der Waals surface area contributed by atoms with Crippen molar-refractivity contribution in [1.82, 2.24) is 10.6 Å². The summed E-state index contributed by atoms with van der Waals surface area (Å²) in [5.41, 5.74) is 1.31. The van der Waals surface area contributed by atoms with E-state index in [9.17, 15) is 4.79 Å². The Labute approximate surface area is 117 Å². The number of thiophene rings is 1. The second-order valence-corrected chi connectivity index (χ2v) is 7.15. The smallest absolute Gasteiger partial charge is 0.221 e. The number of hydrogen-bond acceptors (Lipinski definition) is 4. The van der Waals surface area contributed by atoms with Crippen molar-refractivity contribution >= 4 is 29.0 Å². The van der Waals surface area contributed by atoms with E-state index in [2.05, 4.69) is 30.5 Å². The summed E-state index contributed by atoms with van der Waals surface area (Å²) >= 11 is 3.69. The lowest BCUT2D eigenvalue weighted by molar-refractivity contribution is -0.121. The number of carbonyl (C=O) groups excluding carboxylic acids is 1. The number of carbonyl (C=O) groups is 1. The molecule has 1 aliphatic heterocycles. The number of nitrogens with one attached hydrogen (secondary N) is 2. The highest BCUT2D eigenvalue weighted by Gasteiger charge is 2.16. The van der Waals surface area contributed by atoms with E-state index in [0.29, 0.717) is 19.0 Å². The zero-order valence-electron chi connectivity index (χ0n) is 10.9. The Morgan fingerprint density at radius 2 is 2.39 bits per heavy atom. The first kappa shape index (κ1) is 13.9. The highest BCUT2D eigenvalue weighted by molar-refractivity contribution is 7.99. The summed E-state index contributed by atoms with van der Waals surface area (Å²) in [7, 11) is 0. The first-order valence-corrected chi connectivity index (χ1v) is 8.26. The van der Waals surface area contributed by atoms with Gasteiger partial charge in [-0.05, 0) is 25.5 Å². The van der Waals surface area contributed by atoms with Gasteiger partial charge >= 0.3 is 0 Å². The molecule has 0 aromatic carbocycles. The summed E-state index contributed by atoms with van der Waals surface area (Å²) in [5.74, 6) is 2.36. The van der Waals surface area contributed by atoms with Gasteiger partial charge < -0.3 is 10.6 Å². The van der Waals surface area contributed by atoms with Gasteiger partial charge in [0.1, 0.15) is 0 Å². The van der Waals surface area contributed by atoms with Gasteiger partial charge in [-0.3, -0.25) is 4.79 Å². The third-order valence-electron chi connectivity index (χ3n) is 3.11. The van der Waals surface area contributed by atoms with Crippen LogP contribution in [0.15, 0.2) is 6.07 Å². The molecule has 5 heteroatoms. The average molecular weight is 284 g/mol.